The highest BCUT2D eigenvalue weighted by Crippen LogP contribution is 2.54. The molecular weight excluding hydrogens is 316 g/mol. The van der Waals surface area contributed by atoms with E-state index in [1.165, 1.54) is 0 Å². The molecule has 25 heavy (non-hydrogen) atoms. The molecule has 3 aliphatic heterocycles. The number of ether oxygens (including phenoxy) is 2. The van der Waals surface area contributed by atoms with Crippen molar-refractivity contribution in [3.05, 3.63) is 29.8 Å². The summed E-state index contributed by atoms with van der Waals surface area (Å²) in [5.74, 6) is 2.09. The van der Waals surface area contributed by atoms with E-state index in [1.54, 1.807) is 7.11 Å². The molecule has 5 heteroatoms. The summed E-state index contributed by atoms with van der Waals surface area (Å²) in [6, 6.07) is 7.78. The summed E-state index contributed by atoms with van der Waals surface area (Å²) >= 11 is 0. The first-order valence-electron chi connectivity index (χ1n) is 9.24. The van der Waals surface area contributed by atoms with Gasteiger partial charge in [-0.25, -0.2) is 0 Å². The molecule has 0 aliphatic carbocycles. The van der Waals surface area contributed by atoms with Gasteiger partial charge < -0.3 is 19.3 Å². The summed E-state index contributed by atoms with van der Waals surface area (Å²) in [4.78, 5) is 17.1. The van der Waals surface area contributed by atoms with Crippen LogP contribution >= 0.6 is 0 Å². The minimum Gasteiger partial charge on any atom is -0.497 e. The molecule has 1 aromatic rings. The highest BCUT2D eigenvalue weighted by molar-refractivity contribution is 5.79. The van der Waals surface area contributed by atoms with Gasteiger partial charge >= 0.3 is 0 Å². The number of hydrogen-bond donors (Lipinski definition) is 0. The number of benzene rings is 1. The van der Waals surface area contributed by atoms with E-state index in [2.05, 4.69) is 19.0 Å². The molecule has 3 saturated heterocycles. The quantitative estimate of drug-likeness (QED) is 0.817. The predicted molar refractivity (Wildman–Crippen MR) is 95.7 cm³/mol. The SMILES string of the molecule is COc1ccc(CC(=O)N2C[C@@H]3[C@H](CN(C)C)[C@H]4CC[C@]3(C2)O4)cc1. The van der Waals surface area contributed by atoms with Crippen LogP contribution in [0.2, 0.25) is 0 Å². The second kappa shape index (κ2) is 6.29. The Morgan fingerprint density at radius 1 is 1.36 bits per heavy atom. The predicted octanol–water partition coefficient (Wildman–Crippen LogP) is 1.81. The normalized spacial score (nSPS) is 33.1. The fourth-order valence-electron chi connectivity index (χ4n) is 5.08. The van der Waals surface area contributed by atoms with Crippen molar-refractivity contribution in [2.75, 3.05) is 40.8 Å². The third-order valence-corrected chi connectivity index (χ3v) is 6.23. The van der Waals surface area contributed by atoms with E-state index >= 15 is 0 Å². The fourth-order valence-corrected chi connectivity index (χ4v) is 5.08. The van der Waals surface area contributed by atoms with Gasteiger partial charge in [-0.3, -0.25) is 4.79 Å². The summed E-state index contributed by atoms with van der Waals surface area (Å²) in [6.07, 6.45) is 3.11. The largest absolute Gasteiger partial charge is 0.497 e. The maximum atomic E-state index is 12.8. The molecule has 2 bridgehead atoms. The van der Waals surface area contributed by atoms with E-state index in [4.69, 9.17) is 9.47 Å². The minimum atomic E-state index is -0.0685. The van der Waals surface area contributed by atoms with E-state index in [-0.39, 0.29) is 11.5 Å². The first kappa shape index (κ1) is 16.9. The molecule has 0 N–H and O–H groups in total. The maximum Gasteiger partial charge on any atom is 0.227 e. The number of fused-ring (bicyclic) bond motifs is 1. The van der Waals surface area contributed by atoms with Crippen LogP contribution in [0.25, 0.3) is 0 Å². The smallest absolute Gasteiger partial charge is 0.227 e. The zero-order valence-electron chi connectivity index (χ0n) is 15.4. The van der Waals surface area contributed by atoms with Gasteiger partial charge in [-0.15, -0.1) is 0 Å². The van der Waals surface area contributed by atoms with Gasteiger partial charge in [0.2, 0.25) is 5.91 Å². The third kappa shape index (κ3) is 2.93. The van der Waals surface area contributed by atoms with Crippen LogP contribution in [0.15, 0.2) is 24.3 Å². The average molecular weight is 344 g/mol. The molecule has 1 aromatic carbocycles. The van der Waals surface area contributed by atoms with Crippen molar-refractivity contribution in [2.45, 2.75) is 31.0 Å². The van der Waals surface area contributed by atoms with E-state index in [9.17, 15) is 4.79 Å². The average Bonchev–Trinajstić information content (AvgIpc) is 3.25. The molecule has 5 nitrogen and oxygen atoms in total. The minimum absolute atomic E-state index is 0.0685. The molecule has 0 unspecified atom stereocenters. The Labute approximate surface area is 149 Å². The molecule has 0 saturated carbocycles. The van der Waals surface area contributed by atoms with E-state index < -0.39 is 0 Å². The van der Waals surface area contributed by atoms with E-state index in [0.29, 0.717) is 24.4 Å². The lowest BCUT2D eigenvalue weighted by molar-refractivity contribution is -0.131. The summed E-state index contributed by atoms with van der Waals surface area (Å²) in [7, 11) is 5.90. The first-order chi connectivity index (χ1) is 12.0. The maximum absolute atomic E-state index is 12.8. The molecule has 1 spiro atoms. The highest BCUT2D eigenvalue weighted by Gasteiger charge is 2.63. The van der Waals surface area contributed by atoms with Gasteiger partial charge in [-0.1, -0.05) is 12.1 Å². The number of likely N-dealkylation sites (tertiary alicyclic amines) is 1. The molecule has 136 valence electrons. The number of carbonyl (C=O) groups is 1. The molecule has 3 heterocycles. The Morgan fingerprint density at radius 3 is 2.80 bits per heavy atom. The lowest BCUT2D eigenvalue weighted by Crippen LogP contribution is -2.40. The Balaban J connectivity index is 1.43. The van der Waals surface area contributed by atoms with E-state index in [1.807, 2.05) is 29.2 Å². The Morgan fingerprint density at radius 2 is 2.12 bits per heavy atom. The monoisotopic (exact) mass is 344 g/mol. The lowest BCUT2D eigenvalue weighted by atomic mass is 9.73. The molecular formula is C20H28N2O3. The van der Waals surface area contributed by atoms with Crippen LogP contribution in [0, 0.1) is 11.8 Å². The van der Waals surface area contributed by atoms with Crippen molar-refractivity contribution in [1.29, 1.82) is 0 Å². The molecule has 3 fully saturated rings. The van der Waals surface area contributed by atoms with Gasteiger partial charge in [0.25, 0.3) is 0 Å². The Kier molecular flexibility index (Phi) is 4.24. The number of methoxy groups -OCH3 is 1. The van der Waals surface area contributed by atoms with Crippen LogP contribution in [-0.2, 0) is 16.0 Å². The van der Waals surface area contributed by atoms with Crippen molar-refractivity contribution < 1.29 is 14.3 Å². The summed E-state index contributed by atoms with van der Waals surface area (Å²) < 4.78 is 11.6. The number of amides is 1. The van der Waals surface area contributed by atoms with Gasteiger partial charge in [-0.2, -0.15) is 0 Å². The van der Waals surface area contributed by atoms with Crippen LogP contribution in [-0.4, -0.2) is 68.3 Å². The summed E-state index contributed by atoms with van der Waals surface area (Å²) in [5.41, 5.74) is 0.969. The summed E-state index contributed by atoms with van der Waals surface area (Å²) in [5, 5.41) is 0. The van der Waals surface area contributed by atoms with Crippen LogP contribution < -0.4 is 4.74 Å². The van der Waals surface area contributed by atoms with Crippen LogP contribution in [0.3, 0.4) is 0 Å². The van der Waals surface area contributed by atoms with Crippen LogP contribution in [0.4, 0.5) is 0 Å². The Hall–Kier alpha value is -1.59. The summed E-state index contributed by atoms with van der Waals surface area (Å²) in [6.45, 7) is 2.68. The van der Waals surface area contributed by atoms with Crippen molar-refractivity contribution >= 4 is 5.91 Å². The Bertz CT molecular complexity index is 645. The second-order valence-electron chi connectivity index (χ2n) is 8.09. The number of hydrogen-bond acceptors (Lipinski definition) is 4. The third-order valence-electron chi connectivity index (χ3n) is 6.23. The van der Waals surface area contributed by atoms with Gasteiger partial charge in [-0.05, 0) is 44.6 Å². The van der Waals surface area contributed by atoms with Gasteiger partial charge in [0.15, 0.2) is 0 Å². The second-order valence-corrected chi connectivity index (χ2v) is 8.09. The number of carbonyl (C=O) groups excluding carboxylic acids is 1. The van der Waals surface area contributed by atoms with Crippen molar-refractivity contribution in [3.63, 3.8) is 0 Å². The van der Waals surface area contributed by atoms with Crippen molar-refractivity contribution in [1.82, 2.24) is 9.80 Å². The van der Waals surface area contributed by atoms with Crippen LogP contribution in [0.5, 0.6) is 5.75 Å². The zero-order valence-corrected chi connectivity index (χ0v) is 15.4. The van der Waals surface area contributed by atoms with Gasteiger partial charge in [0.05, 0.1) is 31.8 Å². The zero-order chi connectivity index (χ0) is 17.6. The van der Waals surface area contributed by atoms with Crippen molar-refractivity contribution in [3.8, 4) is 5.75 Å². The molecule has 4 rings (SSSR count). The fraction of sp³-hybridized carbons (Fsp3) is 0.650. The molecule has 1 amide bonds. The topological polar surface area (TPSA) is 42.0 Å². The molecule has 0 radical (unpaired) electrons. The van der Waals surface area contributed by atoms with Gasteiger partial charge in [0.1, 0.15) is 5.75 Å². The molecule has 3 aliphatic rings. The number of nitrogens with zero attached hydrogens (tertiary/aromatic N) is 2. The molecule has 0 aromatic heterocycles. The lowest BCUT2D eigenvalue weighted by Gasteiger charge is -2.30. The first-order valence-corrected chi connectivity index (χ1v) is 9.24. The van der Waals surface area contributed by atoms with E-state index in [0.717, 1.165) is 43.8 Å². The number of rotatable bonds is 5. The van der Waals surface area contributed by atoms with Gasteiger partial charge in [0, 0.05) is 24.9 Å². The standard InChI is InChI=1S/C20H28N2O3/c1-21(2)11-16-17-12-22(13-20(17)9-8-18(16)25-20)19(23)10-14-4-6-15(24-3)7-5-14/h4-7,16-18H,8-13H2,1-3H3/t16-,17+,18+,20+/m0/s1. The van der Waals surface area contributed by atoms with Crippen molar-refractivity contribution in [2.24, 2.45) is 11.8 Å². The molecule has 4 atom stereocenters. The van der Waals surface area contributed by atoms with Crippen LogP contribution in [0.1, 0.15) is 18.4 Å². The highest BCUT2D eigenvalue weighted by atomic mass is 16.5.